The molecule has 32 heavy (non-hydrogen) atoms. The number of amides is 1. The van der Waals surface area contributed by atoms with E-state index in [1.807, 2.05) is 6.92 Å². The number of ether oxygens (including phenoxy) is 1. The van der Waals surface area contributed by atoms with Crippen LogP contribution in [0.25, 0.3) is 0 Å². The maximum Gasteiger partial charge on any atom is 0.339 e. The summed E-state index contributed by atoms with van der Waals surface area (Å²) in [5, 5.41) is 0. The molecule has 2 aromatic rings. The quantitative estimate of drug-likeness (QED) is 0.398. The molecule has 0 bridgehead atoms. The molecule has 0 fully saturated rings. The van der Waals surface area contributed by atoms with Crippen molar-refractivity contribution in [3.63, 3.8) is 0 Å². The second kappa shape index (κ2) is 12.6. The van der Waals surface area contributed by atoms with E-state index in [1.165, 1.54) is 0 Å². The van der Waals surface area contributed by atoms with Gasteiger partial charge in [0.15, 0.2) is 0 Å². The van der Waals surface area contributed by atoms with Crippen molar-refractivity contribution in [3.8, 4) is 5.75 Å². The smallest absolute Gasteiger partial charge is 0.339 e. The molecule has 2 aromatic carbocycles. The highest BCUT2D eigenvalue weighted by atomic mass is 32.2. The Kier molecular flexibility index (Phi) is 10.1. The largest absolute Gasteiger partial charge is 0.383 e. The lowest BCUT2D eigenvalue weighted by atomic mass is 9.97. The number of rotatable bonds is 13. The molecule has 0 aromatic heterocycles. The minimum Gasteiger partial charge on any atom is -0.383 e. The molecule has 0 radical (unpaired) electrons. The Hall–Kier alpha value is -2.45. The van der Waals surface area contributed by atoms with E-state index in [4.69, 9.17) is 8.92 Å². The number of benzene rings is 2. The van der Waals surface area contributed by atoms with E-state index < -0.39 is 15.9 Å². The molecule has 0 N–H and O–H groups in total. The number of hydrogen-bond donors (Lipinski definition) is 0. The lowest BCUT2D eigenvalue weighted by molar-refractivity contribution is -0.137. The molecule has 1 amide bonds. The van der Waals surface area contributed by atoms with Crippen LogP contribution in [-0.2, 0) is 26.2 Å². The third-order valence-corrected chi connectivity index (χ3v) is 6.49. The summed E-state index contributed by atoms with van der Waals surface area (Å²) in [7, 11) is -2.46. The molecule has 1 atom stereocenters. The van der Waals surface area contributed by atoms with Crippen LogP contribution in [0.15, 0.2) is 53.4 Å². The van der Waals surface area contributed by atoms with Crippen molar-refractivity contribution in [2.75, 3.05) is 20.3 Å². The maximum absolute atomic E-state index is 13.1. The molecule has 2 rings (SSSR count). The summed E-state index contributed by atoms with van der Waals surface area (Å²) in [5.41, 5.74) is 0.853. The lowest BCUT2D eigenvalue weighted by Gasteiger charge is -2.27. The van der Waals surface area contributed by atoms with Crippen molar-refractivity contribution in [3.05, 3.63) is 59.9 Å². The van der Waals surface area contributed by atoms with Gasteiger partial charge < -0.3 is 13.8 Å². The third-order valence-electron chi connectivity index (χ3n) is 5.23. The second-order valence-electron chi connectivity index (χ2n) is 7.64. The number of hydrogen-bond acceptors (Lipinski definition) is 5. The summed E-state index contributed by atoms with van der Waals surface area (Å²) in [6.07, 6.45) is 3.71. The van der Waals surface area contributed by atoms with E-state index in [0.29, 0.717) is 19.7 Å². The molecule has 0 aliphatic heterocycles. The Morgan fingerprint density at radius 2 is 1.72 bits per heavy atom. The maximum atomic E-state index is 13.1. The van der Waals surface area contributed by atoms with Crippen molar-refractivity contribution < 1.29 is 26.5 Å². The van der Waals surface area contributed by atoms with Crippen LogP contribution in [0.2, 0.25) is 0 Å². The molecule has 176 valence electrons. The van der Waals surface area contributed by atoms with Gasteiger partial charge in [-0.3, -0.25) is 4.79 Å². The molecular weight excluding hydrogens is 433 g/mol. The molecule has 0 saturated carbocycles. The van der Waals surface area contributed by atoms with E-state index in [9.17, 15) is 17.6 Å². The summed E-state index contributed by atoms with van der Waals surface area (Å²) in [5.74, 6) is -0.296. The summed E-state index contributed by atoms with van der Waals surface area (Å²) in [6.45, 7) is 5.46. The minimum absolute atomic E-state index is 0.0183. The monoisotopic (exact) mass is 465 g/mol. The molecule has 8 heteroatoms. The Bertz CT molecular complexity index is 945. The van der Waals surface area contributed by atoms with Crippen LogP contribution < -0.4 is 4.18 Å². The predicted molar refractivity (Wildman–Crippen MR) is 121 cm³/mol. The summed E-state index contributed by atoms with van der Waals surface area (Å²) >= 11 is 0. The molecule has 0 heterocycles. The molecule has 1 unspecified atom stereocenters. The summed E-state index contributed by atoms with van der Waals surface area (Å²) in [6, 6.07) is 11.0. The average molecular weight is 466 g/mol. The number of carbonyl (C=O) groups excluding carboxylic acids is 1. The van der Waals surface area contributed by atoms with Crippen LogP contribution >= 0.6 is 0 Å². The van der Waals surface area contributed by atoms with Crippen molar-refractivity contribution in [2.45, 2.75) is 51.0 Å². The Morgan fingerprint density at radius 1 is 1.06 bits per heavy atom. The van der Waals surface area contributed by atoms with Gasteiger partial charge in [-0.25, -0.2) is 4.39 Å². The first-order valence-corrected chi connectivity index (χ1v) is 12.3. The highest BCUT2D eigenvalue weighted by Crippen LogP contribution is 2.22. The van der Waals surface area contributed by atoms with Crippen molar-refractivity contribution in [1.29, 1.82) is 0 Å². The van der Waals surface area contributed by atoms with Crippen molar-refractivity contribution in [1.82, 2.24) is 4.90 Å². The van der Waals surface area contributed by atoms with E-state index in [-0.39, 0.29) is 22.5 Å². The zero-order chi connectivity index (χ0) is 23.6. The molecular formula is C24H32FNO5S. The number of unbranched alkanes of at least 4 members (excludes halogenated alkanes) is 1. The number of nitrogens with zero attached hydrogens (tertiary/aromatic N) is 1. The van der Waals surface area contributed by atoms with E-state index in [2.05, 4.69) is 6.92 Å². The summed E-state index contributed by atoms with van der Waals surface area (Å²) in [4.78, 5) is 14.7. The van der Waals surface area contributed by atoms with Crippen LogP contribution in [0, 0.1) is 11.7 Å². The normalized spacial score (nSPS) is 12.4. The van der Waals surface area contributed by atoms with Crippen LogP contribution in [0.5, 0.6) is 5.75 Å². The van der Waals surface area contributed by atoms with Crippen LogP contribution in [-0.4, -0.2) is 39.5 Å². The Balaban J connectivity index is 2.10. The lowest BCUT2D eigenvalue weighted by Crippen LogP contribution is -2.37. The van der Waals surface area contributed by atoms with E-state index >= 15 is 0 Å². The predicted octanol–water partition coefficient (Wildman–Crippen LogP) is 4.78. The summed E-state index contributed by atoms with van der Waals surface area (Å²) < 4.78 is 48.1. The fourth-order valence-corrected chi connectivity index (χ4v) is 4.26. The number of halogens is 1. The first-order valence-electron chi connectivity index (χ1n) is 10.9. The highest BCUT2D eigenvalue weighted by Gasteiger charge is 2.23. The van der Waals surface area contributed by atoms with E-state index in [0.717, 1.165) is 55.5 Å². The Morgan fingerprint density at radius 3 is 2.28 bits per heavy atom. The molecule has 0 aliphatic rings. The van der Waals surface area contributed by atoms with Gasteiger partial charge >= 0.3 is 10.1 Å². The molecule has 0 spiro atoms. The zero-order valence-electron chi connectivity index (χ0n) is 18.9. The van der Waals surface area contributed by atoms with Crippen LogP contribution in [0.4, 0.5) is 4.39 Å². The minimum atomic E-state index is -4.06. The van der Waals surface area contributed by atoms with Crippen molar-refractivity contribution >= 4 is 16.0 Å². The highest BCUT2D eigenvalue weighted by molar-refractivity contribution is 7.87. The first-order chi connectivity index (χ1) is 15.3. The fraction of sp³-hybridized carbons (Fsp3) is 0.458. The van der Waals surface area contributed by atoms with E-state index in [1.54, 1.807) is 36.3 Å². The molecule has 0 aliphatic carbocycles. The van der Waals surface area contributed by atoms with Gasteiger partial charge in [-0.1, -0.05) is 38.8 Å². The first kappa shape index (κ1) is 25.8. The van der Waals surface area contributed by atoms with Gasteiger partial charge in [-0.05, 0) is 54.8 Å². The average Bonchev–Trinajstić information content (AvgIpc) is 2.78. The number of methoxy groups -OCH3 is 1. The van der Waals surface area contributed by atoms with Gasteiger partial charge in [0.25, 0.3) is 0 Å². The SMILES string of the molecule is CCCCC(CC)C(=O)N(CCOC)Cc1ccc(OS(=O)(=O)c2ccc(F)cc2)cc1. The van der Waals surface area contributed by atoms with Gasteiger partial charge in [-0.15, -0.1) is 0 Å². The molecule has 0 saturated heterocycles. The van der Waals surface area contributed by atoms with Crippen LogP contribution in [0.1, 0.15) is 45.1 Å². The van der Waals surface area contributed by atoms with Gasteiger partial charge in [-0.2, -0.15) is 8.42 Å². The van der Waals surface area contributed by atoms with Gasteiger partial charge in [0.2, 0.25) is 5.91 Å². The van der Waals surface area contributed by atoms with Crippen molar-refractivity contribution in [2.24, 2.45) is 5.92 Å². The topological polar surface area (TPSA) is 72.9 Å². The van der Waals surface area contributed by atoms with Gasteiger partial charge in [0.1, 0.15) is 16.5 Å². The Labute approximate surface area is 190 Å². The standard InChI is InChI=1S/C24H32FNO5S/c1-4-6-7-20(5-2)24(27)26(16-17-30-3)18-19-8-12-22(13-9-19)31-32(28,29)23-14-10-21(25)11-15-23/h8-15,20H,4-7,16-18H2,1-3H3. The second-order valence-corrected chi connectivity index (χ2v) is 9.18. The van der Waals surface area contributed by atoms with Crippen LogP contribution in [0.3, 0.4) is 0 Å². The molecule has 6 nitrogen and oxygen atoms in total. The zero-order valence-corrected chi connectivity index (χ0v) is 19.7. The third kappa shape index (κ3) is 7.60. The fourth-order valence-electron chi connectivity index (χ4n) is 3.33. The van der Waals surface area contributed by atoms with Gasteiger partial charge in [0, 0.05) is 26.1 Å². The number of carbonyl (C=O) groups is 1. The van der Waals surface area contributed by atoms with Gasteiger partial charge in [0.05, 0.1) is 6.61 Å².